The minimum atomic E-state index is 0.586. The first kappa shape index (κ1) is 14.3. The van der Waals surface area contributed by atoms with Crippen LogP contribution in [0.25, 0.3) is 0 Å². The van der Waals surface area contributed by atoms with E-state index in [1.165, 1.54) is 39.1 Å². The average molecular weight is 255 g/mol. The molecule has 2 aliphatic heterocycles. The molecule has 0 aromatic heterocycles. The van der Waals surface area contributed by atoms with Gasteiger partial charge in [0.25, 0.3) is 0 Å². The minimum Gasteiger partial charge on any atom is -0.380 e. The van der Waals surface area contributed by atoms with Gasteiger partial charge in [-0.15, -0.1) is 0 Å². The van der Waals surface area contributed by atoms with Crippen molar-refractivity contribution in [3.63, 3.8) is 0 Å². The molecule has 0 spiro atoms. The summed E-state index contributed by atoms with van der Waals surface area (Å²) in [6.07, 6.45) is 2.43. The number of ether oxygens (including phenoxy) is 1. The van der Waals surface area contributed by atoms with Crippen LogP contribution in [0.2, 0.25) is 0 Å². The molecule has 0 aliphatic carbocycles. The normalized spacial score (nSPS) is 31.7. The Balaban J connectivity index is 1.82. The zero-order valence-electron chi connectivity index (χ0n) is 12.0. The van der Waals surface area contributed by atoms with Crippen LogP contribution in [0.3, 0.4) is 0 Å². The second-order valence-corrected chi connectivity index (χ2v) is 5.47. The molecule has 2 heterocycles. The van der Waals surface area contributed by atoms with Crippen molar-refractivity contribution < 1.29 is 4.74 Å². The standard InChI is InChI=1S/C14H29N3O/c1-3-6-16-7-9-17(10-8-16)14-12-18-11-5-13(14)15-4-2/h13-15H,3-12H2,1-2H3. The molecular formula is C14H29N3O. The molecular weight excluding hydrogens is 226 g/mol. The third-order valence-electron chi connectivity index (χ3n) is 4.21. The lowest BCUT2D eigenvalue weighted by Crippen LogP contribution is -2.60. The van der Waals surface area contributed by atoms with Crippen molar-refractivity contribution in [2.75, 3.05) is 52.5 Å². The van der Waals surface area contributed by atoms with Gasteiger partial charge < -0.3 is 15.0 Å². The second kappa shape index (κ2) is 7.43. The van der Waals surface area contributed by atoms with E-state index in [-0.39, 0.29) is 0 Å². The number of nitrogens with zero attached hydrogens (tertiary/aromatic N) is 2. The minimum absolute atomic E-state index is 0.586. The monoisotopic (exact) mass is 255 g/mol. The van der Waals surface area contributed by atoms with E-state index >= 15 is 0 Å². The number of likely N-dealkylation sites (N-methyl/N-ethyl adjacent to an activating group) is 1. The molecule has 2 aliphatic rings. The fourth-order valence-electron chi connectivity index (χ4n) is 3.22. The van der Waals surface area contributed by atoms with E-state index in [4.69, 9.17) is 4.74 Å². The zero-order chi connectivity index (χ0) is 12.8. The number of rotatable bonds is 5. The second-order valence-electron chi connectivity index (χ2n) is 5.47. The predicted molar refractivity (Wildman–Crippen MR) is 75.0 cm³/mol. The molecule has 0 bridgehead atoms. The van der Waals surface area contributed by atoms with Gasteiger partial charge in [-0.05, 0) is 25.9 Å². The molecule has 0 amide bonds. The van der Waals surface area contributed by atoms with Gasteiger partial charge in [-0.3, -0.25) is 4.90 Å². The van der Waals surface area contributed by atoms with Gasteiger partial charge >= 0.3 is 0 Å². The smallest absolute Gasteiger partial charge is 0.0637 e. The summed E-state index contributed by atoms with van der Waals surface area (Å²) in [5.74, 6) is 0. The lowest BCUT2D eigenvalue weighted by molar-refractivity contribution is -0.0196. The molecule has 0 aromatic rings. The lowest BCUT2D eigenvalue weighted by atomic mass is 10.0. The number of hydrogen-bond donors (Lipinski definition) is 1. The topological polar surface area (TPSA) is 27.7 Å². The summed E-state index contributed by atoms with van der Waals surface area (Å²) in [7, 11) is 0. The fourth-order valence-corrected chi connectivity index (χ4v) is 3.22. The van der Waals surface area contributed by atoms with Crippen LogP contribution in [0.5, 0.6) is 0 Å². The summed E-state index contributed by atoms with van der Waals surface area (Å²) in [6, 6.07) is 1.21. The van der Waals surface area contributed by atoms with Crippen LogP contribution in [0.4, 0.5) is 0 Å². The van der Waals surface area contributed by atoms with Crippen LogP contribution >= 0.6 is 0 Å². The largest absolute Gasteiger partial charge is 0.380 e. The van der Waals surface area contributed by atoms with Crippen molar-refractivity contribution in [1.82, 2.24) is 15.1 Å². The molecule has 18 heavy (non-hydrogen) atoms. The van der Waals surface area contributed by atoms with Gasteiger partial charge in [-0.2, -0.15) is 0 Å². The van der Waals surface area contributed by atoms with Gasteiger partial charge in [0.15, 0.2) is 0 Å². The van der Waals surface area contributed by atoms with Crippen molar-refractivity contribution in [1.29, 1.82) is 0 Å². The van der Waals surface area contributed by atoms with Crippen molar-refractivity contribution >= 4 is 0 Å². The van der Waals surface area contributed by atoms with Crippen molar-refractivity contribution in [3.8, 4) is 0 Å². The highest BCUT2D eigenvalue weighted by atomic mass is 16.5. The highest BCUT2D eigenvalue weighted by Crippen LogP contribution is 2.16. The van der Waals surface area contributed by atoms with Crippen molar-refractivity contribution in [2.24, 2.45) is 0 Å². The Labute approximate surface area is 112 Å². The quantitative estimate of drug-likeness (QED) is 0.786. The van der Waals surface area contributed by atoms with Gasteiger partial charge in [-0.25, -0.2) is 0 Å². The van der Waals surface area contributed by atoms with Crippen LogP contribution in [-0.2, 0) is 4.74 Å². The van der Waals surface area contributed by atoms with Crippen molar-refractivity contribution in [2.45, 2.75) is 38.8 Å². The average Bonchev–Trinajstić information content (AvgIpc) is 2.41. The molecule has 0 aromatic carbocycles. The number of nitrogens with one attached hydrogen (secondary N) is 1. The summed E-state index contributed by atoms with van der Waals surface area (Å²) in [5.41, 5.74) is 0. The van der Waals surface area contributed by atoms with Crippen LogP contribution in [0.1, 0.15) is 26.7 Å². The SMILES string of the molecule is CCCN1CCN(C2COCCC2NCC)CC1. The molecule has 2 rings (SSSR count). The van der Waals surface area contributed by atoms with Crippen LogP contribution in [0, 0.1) is 0 Å². The van der Waals surface area contributed by atoms with Gasteiger partial charge in [-0.1, -0.05) is 13.8 Å². The summed E-state index contributed by atoms with van der Waals surface area (Å²) < 4.78 is 5.69. The van der Waals surface area contributed by atoms with E-state index < -0.39 is 0 Å². The van der Waals surface area contributed by atoms with Gasteiger partial charge in [0.05, 0.1) is 6.61 Å². The van der Waals surface area contributed by atoms with Crippen LogP contribution < -0.4 is 5.32 Å². The molecule has 2 atom stereocenters. The molecule has 2 saturated heterocycles. The van der Waals surface area contributed by atoms with Gasteiger partial charge in [0.1, 0.15) is 0 Å². The van der Waals surface area contributed by atoms with Crippen LogP contribution in [-0.4, -0.2) is 74.4 Å². The van der Waals surface area contributed by atoms with E-state index in [1.54, 1.807) is 0 Å². The summed E-state index contributed by atoms with van der Waals surface area (Å²) >= 11 is 0. The third kappa shape index (κ3) is 3.67. The number of piperazine rings is 1. The van der Waals surface area contributed by atoms with Crippen molar-refractivity contribution in [3.05, 3.63) is 0 Å². The Kier molecular flexibility index (Phi) is 5.89. The maximum atomic E-state index is 5.69. The first-order valence-electron chi connectivity index (χ1n) is 7.62. The Bertz CT molecular complexity index is 227. The number of hydrogen-bond acceptors (Lipinski definition) is 4. The highest BCUT2D eigenvalue weighted by Gasteiger charge is 2.31. The summed E-state index contributed by atoms with van der Waals surface area (Å²) in [6.45, 7) is 13.5. The maximum Gasteiger partial charge on any atom is 0.0637 e. The molecule has 4 heteroatoms. The molecule has 2 unspecified atom stereocenters. The Hall–Kier alpha value is -0.160. The maximum absolute atomic E-state index is 5.69. The van der Waals surface area contributed by atoms with E-state index in [2.05, 4.69) is 29.0 Å². The highest BCUT2D eigenvalue weighted by molar-refractivity contribution is 4.89. The molecule has 106 valence electrons. The molecule has 4 nitrogen and oxygen atoms in total. The molecule has 1 N–H and O–H groups in total. The zero-order valence-corrected chi connectivity index (χ0v) is 12.0. The Morgan fingerprint density at radius 2 is 1.94 bits per heavy atom. The molecule has 0 saturated carbocycles. The van der Waals surface area contributed by atoms with E-state index in [0.29, 0.717) is 12.1 Å². The van der Waals surface area contributed by atoms with E-state index in [0.717, 1.165) is 26.2 Å². The first-order chi connectivity index (χ1) is 8.85. The molecule has 0 radical (unpaired) electrons. The summed E-state index contributed by atoms with van der Waals surface area (Å²) in [5, 5.41) is 3.63. The predicted octanol–water partition coefficient (Wildman–Crippen LogP) is 0.781. The van der Waals surface area contributed by atoms with E-state index in [1.807, 2.05) is 0 Å². The Morgan fingerprint density at radius 1 is 1.17 bits per heavy atom. The van der Waals surface area contributed by atoms with Gasteiger partial charge in [0, 0.05) is 44.9 Å². The van der Waals surface area contributed by atoms with Crippen LogP contribution in [0.15, 0.2) is 0 Å². The fraction of sp³-hybridized carbons (Fsp3) is 1.00. The lowest BCUT2D eigenvalue weighted by Gasteiger charge is -2.44. The molecule has 2 fully saturated rings. The first-order valence-corrected chi connectivity index (χ1v) is 7.62. The third-order valence-corrected chi connectivity index (χ3v) is 4.21. The van der Waals surface area contributed by atoms with E-state index in [9.17, 15) is 0 Å². The summed E-state index contributed by atoms with van der Waals surface area (Å²) in [4.78, 5) is 5.22. The Morgan fingerprint density at radius 3 is 2.61 bits per heavy atom. The van der Waals surface area contributed by atoms with Gasteiger partial charge in [0.2, 0.25) is 0 Å².